The van der Waals surface area contributed by atoms with Crippen LogP contribution in [0.25, 0.3) is 0 Å². The first-order valence-corrected chi connectivity index (χ1v) is 6.96. The van der Waals surface area contributed by atoms with Crippen molar-refractivity contribution in [2.24, 2.45) is 11.7 Å². The number of amides is 1. The van der Waals surface area contributed by atoms with Crippen molar-refractivity contribution in [3.63, 3.8) is 0 Å². The summed E-state index contributed by atoms with van der Waals surface area (Å²) in [5, 5.41) is 2.86. The van der Waals surface area contributed by atoms with Crippen molar-refractivity contribution in [2.45, 2.75) is 13.8 Å². The Morgan fingerprint density at radius 2 is 2.05 bits per heavy atom. The lowest BCUT2D eigenvalue weighted by atomic mass is 10.1. The summed E-state index contributed by atoms with van der Waals surface area (Å²) in [6, 6.07) is 7.19. The zero-order valence-corrected chi connectivity index (χ0v) is 13.4. The lowest BCUT2D eigenvalue weighted by Gasteiger charge is -2.13. The average molecular weight is 317 g/mol. The van der Waals surface area contributed by atoms with Gasteiger partial charge in [0.05, 0.1) is 12.2 Å². The molecule has 1 aromatic carbocycles. The minimum absolute atomic E-state index is 0. The van der Waals surface area contributed by atoms with Crippen LogP contribution in [0.1, 0.15) is 24.2 Å². The maximum absolute atomic E-state index is 12.1. The third-order valence-corrected chi connectivity index (χ3v) is 2.83. The highest BCUT2D eigenvalue weighted by Gasteiger charge is 2.12. The lowest BCUT2D eigenvalue weighted by Crippen LogP contribution is -2.31. The molecule has 3 N–H and O–H groups in total. The minimum atomic E-state index is -0.141. The van der Waals surface area contributed by atoms with E-state index in [4.69, 9.17) is 15.2 Å². The van der Waals surface area contributed by atoms with Gasteiger partial charge in [0.2, 0.25) is 0 Å². The van der Waals surface area contributed by atoms with E-state index < -0.39 is 0 Å². The minimum Gasteiger partial charge on any atom is -0.490 e. The van der Waals surface area contributed by atoms with E-state index in [9.17, 15) is 4.79 Å². The molecule has 1 aromatic rings. The number of carbonyl (C=O) groups is 1. The normalized spacial score (nSPS) is 11.4. The summed E-state index contributed by atoms with van der Waals surface area (Å²) in [5.41, 5.74) is 6.07. The smallest absolute Gasteiger partial charge is 0.255 e. The van der Waals surface area contributed by atoms with Gasteiger partial charge < -0.3 is 20.5 Å². The zero-order chi connectivity index (χ0) is 14.8. The van der Waals surface area contributed by atoms with Gasteiger partial charge in [-0.2, -0.15) is 0 Å². The van der Waals surface area contributed by atoms with Gasteiger partial charge in [0.25, 0.3) is 5.91 Å². The van der Waals surface area contributed by atoms with E-state index in [-0.39, 0.29) is 24.2 Å². The second kappa shape index (κ2) is 11.4. The van der Waals surface area contributed by atoms with Gasteiger partial charge in [-0.1, -0.05) is 19.1 Å². The highest BCUT2D eigenvalue weighted by molar-refractivity contribution is 5.96. The molecule has 5 nitrogen and oxygen atoms in total. The topological polar surface area (TPSA) is 73.6 Å². The Morgan fingerprint density at radius 1 is 1.33 bits per heavy atom. The van der Waals surface area contributed by atoms with Crippen molar-refractivity contribution in [1.29, 1.82) is 0 Å². The first-order valence-electron chi connectivity index (χ1n) is 6.96. The van der Waals surface area contributed by atoms with Gasteiger partial charge in [-0.05, 0) is 31.5 Å². The van der Waals surface area contributed by atoms with Gasteiger partial charge in [-0.3, -0.25) is 4.79 Å². The molecule has 0 aliphatic carbocycles. The van der Waals surface area contributed by atoms with E-state index in [2.05, 4.69) is 5.32 Å². The summed E-state index contributed by atoms with van der Waals surface area (Å²) in [7, 11) is 0. The Bertz CT molecular complexity index is 416. The van der Waals surface area contributed by atoms with Crippen molar-refractivity contribution in [1.82, 2.24) is 5.32 Å². The summed E-state index contributed by atoms with van der Waals surface area (Å²) < 4.78 is 10.8. The SMILES string of the molecule is CCOCCOc1ccccc1C(=O)NCC(C)CN.Cl. The summed E-state index contributed by atoms with van der Waals surface area (Å²) in [5.74, 6) is 0.687. The monoisotopic (exact) mass is 316 g/mol. The molecule has 120 valence electrons. The zero-order valence-electron chi connectivity index (χ0n) is 12.6. The van der Waals surface area contributed by atoms with Crippen LogP contribution in [-0.4, -0.2) is 38.8 Å². The van der Waals surface area contributed by atoms with E-state index in [1.165, 1.54) is 0 Å². The molecule has 0 aliphatic heterocycles. The predicted molar refractivity (Wildman–Crippen MR) is 86.2 cm³/mol. The maximum Gasteiger partial charge on any atom is 0.255 e. The van der Waals surface area contributed by atoms with Crippen LogP contribution in [-0.2, 0) is 4.74 Å². The van der Waals surface area contributed by atoms with Crippen molar-refractivity contribution in [3.8, 4) is 5.75 Å². The molecule has 0 radical (unpaired) electrons. The fourth-order valence-electron chi connectivity index (χ4n) is 1.58. The number of hydrogen-bond donors (Lipinski definition) is 2. The number of nitrogens with one attached hydrogen (secondary N) is 1. The van der Waals surface area contributed by atoms with Gasteiger partial charge in [0.15, 0.2) is 0 Å². The number of halogens is 1. The molecule has 0 saturated carbocycles. The standard InChI is InChI=1S/C15H24N2O3.ClH/c1-3-19-8-9-20-14-7-5-4-6-13(14)15(18)17-11-12(2)10-16;/h4-7,12H,3,8-11,16H2,1-2H3,(H,17,18);1H. The highest BCUT2D eigenvalue weighted by atomic mass is 35.5. The third kappa shape index (κ3) is 7.32. The first kappa shape index (κ1) is 19.7. The number of carbonyl (C=O) groups excluding carboxylic acids is 1. The highest BCUT2D eigenvalue weighted by Crippen LogP contribution is 2.17. The Kier molecular flexibility index (Phi) is 10.7. The number of ether oxygens (including phenoxy) is 2. The van der Waals surface area contributed by atoms with E-state index in [0.29, 0.717) is 44.2 Å². The number of rotatable bonds is 9. The van der Waals surface area contributed by atoms with Crippen LogP contribution in [0.4, 0.5) is 0 Å². The van der Waals surface area contributed by atoms with Gasteiger partial charge in [-0.15, -0.1) is 12.4 Å². The summed E-state index contributed by atoms with van der Waals surface area (Å²) in [4.78, 5) is 12.1. The van der Waals surface area contributed by atoms with Crippen molar-refractivity contribution in [3.05, 3.63) is 29.8 Å². The van der Waals surface area contributed by atoms with E-state index in [1.54, 1.807) is 12.1 Å². The van der Waals surface area contributed by atoms with Crippen LogP contribution >= 0.6 is 12.4 Å². The van der Waals surface area contributed by atoms with E-state index in [0.717, 1.165) is 0 Å². The molecule has 1 unspecified atom stereocenters. The van der Waals surface area contributed by atoms with Crippen molar-refractivity contribution < 1.29 is 14.3 Å². The molecule has 0 spiro atoms. The summed E-state index contributed by atoms with van der Waals surface area (Å²) >= 11 is 0. The Labute approximate surface area is 132 Å². The number of hydrogen-bond acceptors (Lipinski definition) is 4. The van der Waals surface area contributed by atoms with Crippen molar-refractivity contribution >= 4 is 18.3 Å². The second-order valence-electron chi connectivity index (χ2n) is 4.59. The molecule has 0 saturated heterocycles. The molecule has 0 heterocycles. The lowest BCUT2D eigenvalue weighted by molar-refractivity contribution is 0.0932. The Balaban J connectivity index is 0.00000400. The molecular formula is C15H25ClN2O3. The molecule has 1 amide bonds. The summed E-state index contributed by atoms with van der Waals surface area (Å²) in [6.07, 6.45) is 0. The number of benzene rings is 1. The number of para-hydroxylation sites is 1. The Morgan fingerprint density at radius 3 is 2.71 bits per heavy atom. The first-order chi connectivity index (χ1) is 9.69. The van der Waals surface area contributed by atoms with Crippen molar-refractivity contribution in [2.75, 3.05) is 32.9 Å². The molecule has 0 aromatic heterocycles. The molecule has 6 heteroatoms. The molecule has 0 bridgehead atoms. The van der Waals surface area contributed by atoms with Crippen LogP contribution in [0, 0.1) is 5.92 Å². The van der Waals surface area contributed by atoms with Crippen LogP contribution in [0.2, 0.25) is 0 Å². The fourth-order valence-corrected chi connectivity index (χ4v) is 1.58. The fraction of sp³-hybridized carbons (Fsp3) is 0.533. The molecule has 1 rings (SSSR count). The van der Waals surface area contributed by atoms with Crippen LogP contribution < -0.4 is 15.8 Å². The third-order valence-electron chi connectivity index (χ3n) is 2.83. The van der Waals surface area contributed by atoms with Crippen LogP contribution in [0.3, 0.4) is 0 Å². The molecular weight excluding hydrogens is 292 g/mol. The largest absolute Gasteiger partial charge is 0.490 e. The van der Waals surface area contributed by atoms with Crippen LogP contribution in [0.5, 0.6) is 5.75 Å². The second-order valence-corrected chi connectivity index (χ2v) is 4.59. The van der Waals surface area contributed by atoms with Gasteiger partial charge >= 0.3 is 0 Å². The molecule has 0 fully saturated rings. The maximum atomic E-state index is 12.1. The number of nitrogens with two attached hydrogens (primary N) is 1. The van der Waals surface area contributed by atoms with E-state index >= 15 is 0 Å². The molecule has 0 aliphatic rings. The Hall–Kier alpha value is -1.30. The molecule has 21 heavy (non-hydrogen) atoms. The van der Waals surface area contributed by atoms with Gasteiger partial charge in [0.1, 0.15) is 12.4 Å². The van der Waals surface area contributed by atoms with Crippen LogP contribution in [0.15, 0.2) is 24.3 Å². The quantitative estimate of drug-likeness (QED) is 0.682. The summed E-state index contributed by atoms with van der Waals surface area (Å²) in [6.45, 7) is 6.62. The van der Waals surface area contributed by atoms with Gasteiger partial charge in [0, 0.05) is 13.2 Å². The van der Waals surface area contributed by atoms with E-state index in [1.807, 2.05) is 26.0 Å². The molecule has 1 atom stereocenters. The van der Waals surface area contributed by atoms with Gasteiger partial charge in [-0.25, -0.2) is 0 Å². The average Bonchev–Trinajstić information content (AvgIpc) is 2.49. The predicted octanol–water partition coefficient (Wildman–Crippen LogP) is 1.85.